The van der Waals surface area contributed by atoms with Gasteiger partial charge in [0.25, 0.3) is 0 Å². The second-order valence-corrected chi connectivity index (χ2v) is 2.07. The van der Waals surface area contributed by atoms with Gasteiger partial charge in [-0.1, -0.05) is 0 Å². The largest absolute Gasteiger partial charge is 0.369 e. The van der Waals surface area contributed by atoms with E-state index in [9.17, 15) is 0 Å². The molecule has 1 rings (SSSR count). The first kappa shape index (κ1) is 4.61. The summed E-state index contributed by atoms with van der Waals surface area (Å²) in [6.45, 7) is 2.71. The molecule has 0 saturated carbocycles. The highest BCUT2D eigenvalue weighted by atomic mass is 16.6. The molecule has 0 aromatic heterocycles. The van der Waals surface area contributed by atoms with Crippen molar-refractivity contribution in [1.82, 2.24) is 0 Å². The van der Waals surface area contributed by atoms with Crippen molar-refractivity contribution >= 4 is 0 Å². The molecule has 1 fully saturated rings. The van der Waals surface area contributed by atoms with Crippen LogP contribution in [0, 0.1) is 11.3 Å². The van der Waals surface area contributed by atoms with Crippen LogP contribution in [0.4, 0.5) is 0 Å². The Labute approximate surface area is 42.7 Å². The third kappa shape index (κ3) is 0.908. The molecule has 1 atom stereocenters. The van der Waals surface area contributed by atoms with Crippen LogP contribution < -0.4 is 0 Å². The van der Waals surface area contributed by atoms with Crippen molar-refractivity contribution in [2.45, 2.75) is 18.9 Å². The van der Waals surface area contributed by atoms with Gasteiger partial charge in [0.15, 0.2) is 0 Å². The highest BCUT2D eigenvalue weighted by molar-refractivity contribution is 4.95. The second-order valence-electron chi connectivity index (χ2n) is 2.07. The molecule has 1 saturated heterocycles. The highest BCUT2D eigenvalue weighted by Crippen LogP contribution is 2.28. The smallest absolute Gasteiger partial charge is 0.102 e. The van der Waals surface area contributed by atoms with Crippen molar-refractivity contribution in [3.8, 4) is 6.07 Å². The van der Waals surface area contributed by atoms with Gasteiger partial charge in [0.05, 0.1) is 19.1 Å². The van der Waals surface area contributed by atoms with E-state index in [0.717, 1.165) is 6.61 Å². The van der Waals surface area contributed by atoms with E-state index in [4.69, 9.17) is 10.00 Å². The molecule has 0 spiro atoms. The van der Waals surface area contributed by atoms with Crippen molar-refractivity contribution in [3.63, 3.8) is 0 Å². The highest BCUT2D eigenvalue weighted by Gasteiger charge is 2.38. The van der Waals surface area contributed by atoms with Gasteiger partial charge in [-0.05, 0) is 6.92 Å². The predicted molar refractivity (Wildman–Crippen MR) is 24.6 cm³/mol. The number of hydrogen-bond acceptors (Lipinski definition) is 2. The monoisotopic (exact) mass is 97.1 g/mol. The lowest BCUT2D eigenvalue weighted by Gasteiger charge is -1.90. The van der Waals surface area contributed by atoms with Crippen LogP contribution in [0.5, 0.6) is 0 Å². The molecule has 0 radical (unpaired) electrons. The quantitative estimate of drug-likeness (QED) is 0.451. The SMILES string of the molecule is CC1(CC#N)CO1. The third-order valence-corrected chi connectivity index (χ3v) is 1.09. The van der Waals surface area contributed by atoms with Crippen molar-refractivity contribution in [2.75, 3.05) is 6.61 Å². The van der Waals surface area contributed by atoms with Gasteiger partial charge >= 0.3 is 0 Å². The Morgan fingerprint density at radius 3 is 2.71 bits per heavy atom. The molecule has 0 N–H and O–H groups in total. The molecule has 1 aliphatic heterocycles. The Morgan fingerprint density at radius 2 is 2.57 bits per heavy atom. The van der Waals surface area contributed by atoms with Gasteiger partial charge in [-0.3, -0.25) is 0 Å². The summed E-state index contributed by atoms with van der Waals surface area (Å²) in [5.41, 5.74) is -0.0608. The lowest BCUT2D eigenvalue weighted by Crippen LogP contribution is -2.00. The summed E-state index contributed by atoms with van der Waals surface area (Å²) in [5, 5.41) is 8.11. The lowest BCUT2D eigenvalue weighted by molar-refractivity contribution is 0.328. The van der Waals surface area contributed by atoms with Crippen molar-refractivity contribution in [2.24, 2.45) is 0 Å². The molecular formula is C5H7NO. The maximum atomic E-state index is 8.11. The first-order valence-electron chi connectivity index (χ1n) is 2.28. The summed E-state index contributed by atoms with van der Waals surface area (Å²) in [4.78, 5) is 0. The van der Waals surface area contributed by atoms with E-state index in [2.05, 4.69) is 0 Å². The zero-order chi connectivity index (χ0) is 5.33. The van der Waals surface area contributed by atoms with Crippen molar-refractivity contribution < 1.29 is 4.74 Å². The molecule has 2 nitrogen and oxygen atoms in total. The first-order chi connectivity index (χ1) is 3.27. The second kappa shape index (κ2) is 1.21. The summed E-state index contributed by atoms with van der Waals surface area (Å²) in [6.07, 6.45) is 0.535. The third-order valence-electron chi connectivity index (χ3n) is 1.09. The van der Waals surface area contributed by atoms with E-state index in [0.29, 0.717) is 6.42 Å². The molecule has 7 heavy (non-hydrogen) atoms. The average Bonchev–Trinajstić information content (AvgIpc) is 2.22. The van der Waals surface area contributed by atoms with E-state index in [1.807, 2.05) is 13.0 Å². The zero-order valence-electron chi connectivity index (χ0n) is 4.27. The topological polar surface area (TPSA) is 36.3 Å². The number of nitrogens with zero attached hydrogens (tertiary/aromatic N) is 1. The van der Waals surface area contributed by atoms with Crippen LogP contribution in [0.15, 0.2) is 0 Å². The maximum Gasteiger partial charge on any atom is 0.102 e. The van der Waals surface area contributed by atoms with Crippen LogP contribution in [0.3, 0.4) is 0 Å². The average molecular weight is 97.1 g/mol. The van der Waals surface area contributed by atoms with Crippen molar-refractivity contribution in [3.05, 3.63) is 0 Å². The Kier molecular flexibility index (Phi) is 0.795. The fourth-order valence-corrected chi connectivity index (χ4v) is 0.392. The lowest BCUT2D eigenvalue weighted by atomic mass is 10.1. The van der Waals surface area contributed by atoms with E-state index in [1.165, 1.54) is 0 Å². The Bertz CT molecular complexity index is 110. The summed E-state index contributed by atoms with van der Waals surface area (Å²) in [6, 6.07) is 2.05. The molecule has 1 aliphatic rings. The van der Waals surface area contributed by atoms with Gasteiger partial charge < -0.3 is 4.74 Å². The van der Waals surface area contributed by atoms with Crippen LogP contribution in [-0.4, -0.2) is 12.2 Å². The molecular weight excluding hydrogens is 90.1 g/mol. The fourth-order valence-electron chi connectivity index (χ4n) is 0.392. The van der Waals surface area contributed by atoms with E-state index in [-0.39, 0.29) is 5.60 Å². The minimum atomic E-state index is -0.0608. The van der Waals surface area contributed by atoms with E-state index in [1.54, 1.807) is 0 Å². The van der Waals surface area contributed by atoms with Gasteiger partial charge in [0, 0.05) is 0 Å². The molecule has 0 bridgehead atoms. The Morgan fingerprint density at radius 1 is 2.00 bits per heavy atom. The molecule has 1 heterocycles. The van der Waals surface area contributed by atoms with Crippen LogP contribution in [0.1, 0.15) is 13.3 Å². The van der Waals surface area contributed by atoms with Gasteiger partial charge in [0.1, 0.15) is 5.60 Å². The summed E-state index contributed by atoms with van der Waals surface area (Å²) >= 11 is 0. The summed E-state index contributed by atoms with van der Waals surface area (Å²) in [7, 11) is 0. The molecule has 1 unspecified atom stereocenters. The maximum absolute atomic E-state index is 8.11. The summed E-state index contributed by atoms with van der Waals surface area (Å²) < 4.78 is 4.91. The molecule has 2 heteroatoms. The molecule has 0 aliphatic carbocycles. The number of rotatable bonds is 1. The van der Waals surface area contributed by atoms with Crippen LogP contribution in [0.25, 0.3) is 0 Å². The Hall–Kier alpha value is -0.550. The van der Waals surface area contributed by atoms with E-state index >= 15 is 0 Å². The van der Waals surface area contributed by atoms with Gasteiger partial charge in [-0.15, -0.1) is 0 Å². The fraction of sp³-hybridized carbons (Fsp3) is 0.800. The minimum Gasteiger partial charge on any atom is -0.369 e. The number of hydrogen-bond donors (Lipinski definition) is 0. The number of ether oxygens (including phenoxy) is 1. The molecule has 38 valence electrons. The van der Waals surface area contributed by atoms with Crippen LogP contribution in [-0.2, 0) is 4.74 Å². The van der Waals surface area contributed by atoms with Crippen molar-refractivity contribution in [1.29, 1.82) is 5.26 Å². The first-order valence-corrected chi connectivity index (χ1v) is 2.28. The van der Waals surface area contributed by atoms with Crippen LogP contribution >= 0.6 is 0 Å². The van der Waals surface area contributed by atoms with Gasteiger partial charge in [-0.2, -0.15) is 5.26 Å². The van der Waals surface area contributed by atoms with Gasteiger partial charge in [0.2, 0.25) is 0 Å². The summed E-state index contributed by atoms with van der Waals surface area (Å²) in [5.74, 6) is 0. The predicted octanol–water partition coefficient (Wildman–Crippen LogP) is 0.689. The van der Waals surface area contributed by atoms with Crippen LogP contribution in [0.2, 0.25) is 0 Å². The van der Waals surface area contributed by atoms with E-state index < -0.39 is 0 Å². The molecule has 0 amide bonds. The number of epoxide rings is 1. The zero-order valence-corrected chi connectivity index (χ0v) is 4.27. The van der Waals surface area contributed by atoms with Gasteiger partial charge in [-0.25, -0.2) is 0 Å². The Balaban J connectivity index is 2.30. The standard InChI is InChI=1S/C5H7NO/c1-5(2-3-6)4-7-5/h2,4H2,1H3. The normalized spacial score (nSPS) is 37.1. The molecule has 0 aromatic rings. The minimum absolute atomic E-state index is 0.0608. The number of nitriles is 1. The molecule has 0 aromatic carbocycles.